The summed E-state index contributed by atoms with van der Waals surface area (Å²) in [5.74, 6) is 1.12. The van der Waals surface area contributed by atoms with E-state index in [1.807, 2.05) is 6.92 Å². The molecule has 0 aliphatic rings. The summed E-state index contributed by atoms with van der Waals surface area (Å²) in [4.78, 5) is 0. The fourth-order valence-corrected chi connectivity index (χ4v) is 1.78. The first-order valence-electron chi connectivity index (χ1n) is 4.74. The van der Waals surface area contributed by atoms with Crippen LogP contribution in [0.3, 0.4) is 0 Å². The number of nitrogens with zero attached hydrogens (tertiary/aromatic N) is 1. The van der Waals surface area contributed by atoms with Crippen LogP contribution < -0.4 is 5.32 Å². The van der Waals surface area contributed by atoms with E-state index in [0.29, 0.717) is 11.5 Å². The van der Waals surface area contributed by atoms with Crippen molar-refractivity contribution in [3.05, 3.63) is 0 Å². The first-order valence-corrected chi connectivity index (χ1v) is 5.89. The molecule has 2 unspecified atom stereocenters. The predicted molar refractivity (Wildman–Crippen MR) is 58.1 cm³/mol. The topological polar surface area (TPSA) is 76.3 Å². The van der Waals surface area contributed by atoms with Crippen molar-refractivity contribution in [1.29, 1.82) is 5.26 Å². The lowest BCUT2D eigenvalue weighted by Gasteiger charge is -2.11. The lowest BCUT2D eigenvalue weighted by atomic mass is 10.3. The molecule has 0 rings (SSSR count). The smallest absolute Gasteiger partial charge is 0.104 e. The monoisotopic (exact) mass is 218 g/mol. The van der Waals surface area contributed by atoms with Gasteiger partial charge in [0.1, 0.15) is 6.04 Å². The number of nitriles is 1. The number of aliphatic hydroxyl groups is 2. The molecule has 82 valence electrons. The lowest BCUT2D eigenvalue weighted by Crippen LogP contribution is -2.31. The molecule has 14 heavy (non-hydrogen) atoms. The zero-order chi connectivity index (χ0) is 10.8. The van der Waals surface area contributed by atoms with Gasteiger partial charge in [0.25, 0.3) is 0 Å². The summed E-state index contributed by atoms with van der Waals surface area (Å²) in [5, 5.41) is 29.4. The number of hydrogen-bond acceptors (Lipinski definition) is 5. The highest BCUT2D eigenvalue weighted by molar-refractivity contribution is 7.99. The van der Waals surface area contributed by atoms with Crippen molar-refractivity contribution in [3.8, 4) is 6.07 Å². The second-order valence-electron chi connectivity index (χ2n) is 3.01. The van der Waals surface area contributed by atoms with E-state index in [0.717, 1.165) is 13.0 Å². The Morgan fingerprint density at radius 3 is 2.71 bits per heavy atom. The van der Waals surface area contributed by atoms with Gasteiger partial charge in [-0.2, -0.15) is 17.0 Å². The van der Waals surface area contributed by atoms with Gasteiger partial charge in [-0.3, -0.25) is 0 Å². The molecule has 0 heterocycles. The maximum Gasteiger partial charge on any atom is 0.104 e. The minimum absolute atomic E-state index is 0.161. The Kier molecular flexibility index (Phi) is 9.10. The third-order valence-corrected chi connectivity index (χ3v) is 2.79. The predicted octanol–water partition coefficient (Wildman–Crippen LogP) is -0.0354. The van der Waals surface area contributed by atoms with Crippen molar-refractivity contribution in [3.63, 3.8) is 0 Å². The fraction of sp³-hybridized carbons (Fsp3) is 0.889. The van der Waals surface area contributed by atoms with Crippen LogP contribution in [0.15, 0.2) is 0 Å². The van der Waals surface area contributed by atoms with Crippen LogP contribution in [0.5, 0.6) is 0 Å². The van der Waals surface area contributed by atoms with E-state index in [1.165, 1.54) is 11.8 Å². The molecule has 0 saturated carbocycles. The van der Waals surface area contributed by atoms with E-state index >= 15 is 0 Å². The SMILES string of the molecule is CCCNC(C#N)CSCC(O)CO. The van der Waals surface area contributed by atoms with Gasteiger partial charge in [0.2, 0.25) is 0 Å². The van der Waals surface area contributed by atoms with E-state index in [-0.39, 0.29) is 12.6 Å². The summed E-state index contributed by atoms with van der Waals surface area (Å²) in [6.07, 6.45) is 0.327. The number of thioether (sulfide) groups is 1. The fourth-order valence-electron chi connectivity index (χ4n) is 0.835. The molecule has 0 aromatic heterocycles. The molecule has 0 aliphatic carbocycles. The molecule has 4 nitrogen and oxygen atoms in total. The number of aliphatic hydroxyl groups excluding tert-OH is 2. The molecular formula is C9H18N2O2S. The Morgan fingerprint density at radius 1 is 1.50 bits per heavy atom. The highest BCUT2D eigenvalue weighted by Crippen LogP contribution is 2.04. The van der Waals surface area contributed by atoms with Gasteiger partial charge in [0.05, 0.1) is 18.8 Å². The van der Waals surface area contributed by atoms with Crippen LogP contribution in [0.1, 0.15) is 13.3 Å². The van der Waals surface area contributed by atoms with Gasteiger partial charge >= 0.3 is 0 Å². The number of hydrogen-bond donors (Lipinski definition) is 3. The zero-order valence-corrected chi connectivity index (χ0v) is 9.26. The Bertz CT molecular complexity index is 173. The van der Waals surface area contributed by atoms with Crippen LogP contribution in [0.2, 0.25) is 0 Å². The van der Waals surface area contributed by atoms with Crippen molar-refractivity contribution in [2.45, 2.75) is 25.5 Å². The first kappa shape index (κ1) is 13.7. The maximum atomic E-state index is 9.05. The second kappa shape index (κ2) is 9.28. The van der Waals surface area contributed by atoms with E-state index in [1.54, 1.807) is 0 Å². The Labute approximate surface area is 89.3 Å². The minimum Gasteiger partial charge on any atom is -0.394 e. The molecule has 0 bridgehead atoms. The van der Waals surface area contributed by atoms with E-state index < -0.39 is 6.10 Å². The number of rotatable bonds is 8. The molecule has 0 amide bonds. The van der Waals surface area contributed by atoms with Crippen LogP contribution in [0.25, 0.3) is 0 Å². The molecule has 0 saturated heterocycles. The second-order valence-corrected chi connectivity index (χ2v) is 4.08. The minimum atomic E-state index is -0.675. The Morgan fingerprint density at radius 2 is 2.21 bits per heavy atom. The van der Waals surface area contributed by atoms with Crippen molar-refractivity contribution >= 4 is 11.8 Å². The average Bonchev–Trinajstić information content (AvgIpc) is 2.22. The summed E-state index contributed by atoms with van der Waals surface area (Å²) in [6.45, 7) is 2.66. The Balaban J connectivity index is 3.48. The molecule has 5 heteroatoms. The standard InChI is InChI=1S/C9H18N2O2S/c1-2-3-11-8(4-10)6-14-7-9(13)5-12/h8-9,11-13H,2-3,5-7H2,1H3. The third-order valence-electron chi connectivity index (χ3n) is 1.60. The summed E-state index contributed by atoms with van der Waals surface area (Å²) in [6, 6.07) is 1.99. The van der Waals surface area contributed by atoms with Gasteiger partial charge in [-0.05, 0) is 13.0 Å². The van der Waals surface area contributed by atoms with Crippen LogP contribution in [0, 0.1) is 11.3 Å². The van der Waals surface area contributed by atoms with Gasteiger partial charge in [-0.15, -0.1) is 0 Å². The summed E-state index contributed by atoms with van der Waals surface area (Å²) in [7, 11) is 0. The van der Waals surface area contributed by atoms with Gasteiger partial charge in [0, 0.05) is 11.5 Å². The average molecular weight is 218 g/mol. The summed E-state index contributed by atoms with van der Waals surface area (Å²) in [5.41, 5.74) is 0. The van der Waals surface area contributed by atoms with Crippen molar-refractivity contribution in [2.75, 3.05) is 24.7 Å². The molecule has 0 aromatic carbocycles. The van der Waals surface area contributed by atoms with Crippen LogP contribution >= 0.6 is 11.8 Å². The molecule has 0 spiro atoms. The third kappa shape index (κ3) is 7.15. The van der Waals surface area contributed by atoms with Crippen LogP contribution in [-0.2, 0) is 0 Å². The van der Waals surface area contributed by atoms with Crippen molar-refractivity contribution in [1.82, 2.24) is 5.32 Å². The highest BCUT2D eigenvalue weighted by atomic mass is 32.2. The Hall–Kier alpha value is -0.280. The van der Waals surface area contributed by atoms with E-state index in [4.69, 9.17) is 15.5 Å². The lowest BCUT2D eigenvalue weighted by molar-refractivity contribution is 0.113. The van der Waals surface area contributed by atoms with Gasteiger partial charge in [-0.25, -0.2) is 0 Å². The van der Waals surface area contributed by atoms with E-state index in [9.17, 15) is 0 Å². The first-order chi connectivity index (χ1) is 6.74. The van der Waals surface area contributed by atoms with Crippen molar-refractivity contribution < 1.29 is 10.2 Å². The van der Waals surface area contributed by atoms with E-state index in [2.05, 4.69) is 11.4 Å². The molecule has 3 N–H and O–H groups in total. The van der Waals surface area contributed by atoms with Gasteiger partial charge in [-0.1, -0.05) is 6.92 Å². The van der Waals surface area contributed by atoms with Gasteiger partial charge in [0.15, 0.2) is 0 Å². The highest BCUT2D eigenvalue weighted by Gasteiger charge is 2.07. The molecule has 0 aromatic rings. The van der Waals surface area contributed by atoms with Gasteiger partial charge < -0.3 is 15.5 Å². The van der Waals surface area contributed by atoms with Crippen LogP contribution in [0.4, 0.5) is 0 Å². The largest absolute Gasteiger partial charge is 0.394 e. The summed E-state index contributed by atoms with van der Waals surface area (Å²) >= 11 is 1.47. The molecular weight excluding hydrogens is 200 g/mol. The normalized spacial score (nSPS) is 14.7. The molecule has 0 fully saturated rings. The molecule has 2 atom stereocenters. The quantitative estimate of drug-likeness (QED) is 0.533. The number of nitrogens with one attached hydrogen (secondary N) is 1. The van der Waals surface area contributed by atoms with Crippen molar-refractivity contribution in [2.24, 2.45) is 0 Å². The molecule has 0 radical (unpaired) electrons. The zero-order valence-electron chi connectivity index (χ0n) is 8.44. The molecule has 0 aliphatic heterocycles. The maximum absolute atomic E-state index is 9.05. The van der Waals surface area contributed by atoms with Crippen LogP contribution in [-0.4, -0.2) is 47.0 Å². The summed E-state index contributed by atoms with van der Waals surface area (Å²) < 4.78 is 0.